The van der Waals surface area contributed by atoms with Gasteiger partial charge in [-0.15, -0.1) is 24.5 Å². The van der Waals surface area contributed by atoms with E-state index in [2.05, 4.69) is 35.7 Å². The zero-order valence-corrected chi connectivity index (χ0v) is 17.1. The summed E-state index contributed by atoms with van der Waals surface area (Å²) in [6.07, 6.45) is -4.69. The minimum absolute atomic E-state index is 0.0966. The molecule has 1 aromatic heterocycles. The number of rotatable bonds is 7. The van der Waals surface area contributed by atoms with Crippen LogP contribution in [0.3, 0.4) is 0 Å². The molecule has 0 saturated heterocycles. The molecule has 0 radical (unpaired) electrons. The van der Waals surface area contributed by atoms with Crippen LogP contribution >= 0.6 is 11.3 Å². The Balaban J connectivity index is 2.24. The Labute approximate surface area is 162 Å². The van der Waals surface area contributed by atoms with Gasteiger partial charge in [0.15, 0.2) is 0 Å². The summed E-state index contributed by atoms with van der Waals surface area (Å²) in [4.78, 5) is 7.95. The summed E-state index contributed by atoms with van der Waals surface area (Å²) < 4.78 is 41.0. The number of benzene rings is 1. The van der Waals surface area contributed by atoms with Gasteiger partial charge in [0.05, 0.1) is 10.7 Å². The van der Waals surface area contributed by atoms with Gasteiger partial charge >= 0.3 is 6.36 Å². The normalized spacial score (nSPS) is 12.6. The van der Waals surface area contributed by atoms with E-state index in [0.717, 1.165) is 34.2 Å². The van der Waals surface area contributed by atoms with E-state index in [-0.39, 0.29) is 11.2 Å². The average molecular weight is 401 g/mol. The average Bonchev–Trinajstić information content (AvgIpc) is 2.95. The molecule has 0 unspecified atom stereocenters. The molecule has 0 aliphatic heterocycles. The Kier molecular flexibility index (Phi) is 6.88. The highest BCUT2D eigenvalue weighted by atomic mass is 32.1. The van der Waals surface area contributed by atoms with Gasteiger partial charge in [0, 0.05) is 35.5 Å². The number of thiazole rings is 1. The molecule has 1 aromatic carbocycles. The van der Waals surface area contributed by atoms with Gasteiger partial charge in [0.2, 0.25) is 0 Å². The molecule has 1 N–H and O–H groups in total. The van der Waals surface area contributed by atoms with Crippen LogP contribution in [0.2, 0.25) is 0 Å². The number of nitrogens with one attached hydrogen (secondary N) is 1. The zero-order valence-electron chi connectivity index (χ0n) is 16.3. The van der Waals surface area contributed by atoms with Gasteiger partial charge in [0.1, 0.15) is 5.75 Å². The van der Waals surface area contributed by atoms with Gasteiger partial charge in [-0.25, -0.2) is 4.98 Å². The first kappa shape index (κ1) is 21.7. The first-order valence-electron chi connectivity index (χ1n) is 8.67. The van der Waals surface area contributed by atoms with Crippen LogP contribution in [0, 0.1) is 0 Å². The van der Waals surface area contributed by atoms with Crippen molar-refractivity contribution in [2.24, 2.45) is 0 Å². The second-order valence-corrected chi connectivity index (χ2v) is 8.68. The lowest BCUT2D eigenvalue weighted by Gasteiger charge is -2.13. The van der Waals surface area contributed by atoms with E-state index in [1.54, 1.807) is 23.5 Å². The molecule has 0 aliphatic carbocycles. The van der Waals surface area contributed by atoms with Gasteiger partial charge in [-0.1, -0.05) is 20.8 Å². The summed E-state index contributed by atoms with van der Waals surface area (Å²) >= 11 is 1.64. The fourth-order valence-corrected chi connectivity index (χ4v) is 3.45. The minimum atomic E-state index is -4.69. The fourth-order valence-electron chi connectivity index (χ4n) is 2.34. The molecule has 4 nitrogen and oxygen atoms in total. The van der Waals surface area contributed by atoms with E-state index in [4.69, 9.17) is 4.98 Å². The lowest BCUT2D eigenvalue weighted by atomic mass is 9.98. The fraction of sp³-hybridized carbons (Fsp3) is 0.526. The highest BCUT2D eigenvalue weighted by Crippen LogP contribution is 2.35. The summed E-state index contributed by atoms with van der Waals surface area (Å²) in [6, 6.07) is 5.88. The molecular formula is C19H26F3N3OS. The number of halogens is 3. The standard InChI is InChI=1S/C19H26F3N3OS/c1-18(2,3)17-24-16(15(27-17)12-23-10-11-25(4)5)13-6-8-14(9-7-13)26-19(20,21)22/h6-9,23H,10-12H2,1-5H3. The first-order chi connectivity index (χ1) is 12.5. The molecule has 2 rings (SSSR count). The predicted octanol–water partition coefficient (Wildman–Crippen LogP) is 4.66. The van der Waals surface area contributed by atoms with Crippen molar-refractivity contribution in [2.75, 3.05) is 27.2 Å². The topological polar surface area (TPSA) is 37.4 Å². The Morgan fingerprint density at radius 2 is 1.74 bits per heavy atom. The third-order valence-electron chi connectivity index (χ3n) is 3.72. The molecule has 2 aromatic rings. The predicted molar refractivity (Wildman–Crippen MR) is 103 cm³/mol. The largest absolute Gasteiger partial charge is 0.573 e. The number of hydrogen-bond donors (Lipinski definition) is 1. The zero-order chi connectivity index (χ0) is 20.2. The smallest absolute Gasteiger partial charge is 0.406 e. The van der Waals surface area contributed by atoms with Crippen LogP contribution in [0.4, 0.5) is 13.2 Å². The summed E-state index contributed by atoms with van der Waals surface area (Å²) in [5.41, 5.74) is 1.49. The molecule has 0 bridgehead atoms. The maximum atomic E-state index is 12.3. The van der Waals surface area contributed by atoms with Crippen LogP contribution in [0.25, 0.3) is 11.3 Å². The summed E-state index contributed by atoms with van der Waals surface area (Å²) in [5.74, 6) is -0.233. The van der Waals surface area contributed by atoms with Crippen LogP contribution in [0.5, 0.6) is 5.75 Å². The third kappa shape index (κ3) is 6.79. The van der Waals surface area contributed by atoms with Crippen LogP contribution in [-0.4, -0.2) is 43.4 Å². The number of nitrogens with zero attached hydrogens (tertiary/aromatic N) is 2. The van der Waals surface area contributed by atoms with Gasteiger partial charge in [-0.05, 0) is 38.4 Å². The van der Waals surface area contributed by atoms with Crippen LogP contribution in [0.15, 0.2) is 24.3 Å². The van der Waals surface area contributed by atoms with Crippen LogP contribution in [-0.2, 0) is 12.0 Å². The molecule has 150 valence electrons. The second-order valence-electron chi connectivity index (χ2n) is 7.59. The molecule has 0 amide bonds. The molecule has 0 saturated carbocycles. The van der Waals surface area contributed by atoms with Gasteiger partial charge in [0.25, 0.3) is 0 Å². The monoisotopic (exact) mass is 401 g/mol. The molecular weight excluding hydrogens is 375 g/mol. The maximum absolute atomic E-state index is 12.3. The van der Waals surface area contributed by atoms with E-state index in [9.17, 15) is 13.2 Å². The molecule has 1 heterocycles. The number of aromatic nitrogens is 1. The van der Waals surface area contributed by atoms with E-state index in [1.165, 1.54) is 12.1 Å². The van der Waals surface area contributed by atoms with Crippen molar-refractivity contribution in [1.82, 2.24) is 15.2 Å². The Morgan fingerprint density at radius 1 is 1.11 bits per heavy atom. The number of likely N-dealkylation sites (N-methyl/N-ethyl adjacent to an activating group) is 1. The highest BCUT2D eigenvalue weighted by Gasteiger charge is 2.31. The van der Waals surface area contributed by atoms with Crippen LogP contribution in [0.1, 0.15) is 30.7 Å². The summed E-state index contributed by atoms with van der Waals surface area (Å²) in [7, 11) is 4.03. The molecule has 27 heavy (non-hydrogen) atoms. The van der Waals surface area contributed by atoms with E-state index in [0.29, 0.717) is 6.54 Å². The molecule has 0 fully saturated rings. The van der Waals surface area contributed by atoms with Gasteiger partial charge in [-0.3, -0.25) is 0 Å². The van der Waals surface area contributed by atoms with E-state index < -0.39 is 6.36 Å². The lowest BCUT2D eigenvalue weighted by Crippen LogP contribution is -2.26. The molecule has 0 spiro atoms. The Morgan fingerprint density at radius 3 is 2.26 bits per heavy atom. The Hall–Kier alpha value is -1.64. The van der Waals surface area contributed by atoms with E-state index in [1.807, 2.05) is 14.1 Å². The first-order valence-corrected chi connectivity index (χ1v) is 9.49. The molecule has 0 atom stereocenters. The van der Waals surface area contributed by atoms with Gasteiger partial charge in [-0.2, -0.15) is 0 Å². The number of hydrogen-bond acceptors (Lipinski definition) is 5. The van der Waals surface area contributed by atoms with Crippen molar-refractivity contribution in [2.45, 2.75) is 39.1 Å². The van der Waals surface area contributed by atoms with Crippen molar-refractivity contribution in [1.29, 1.82) is 0 Å². The Bertz CT molecular complexity index is 734. The summed E-state index contributed by atoms with van der Waals surface area (Å²) in [6.45, 7) is 8.71. The molecule has 0 aliphatic rings. The minimum Gasteiger partial charge on any atom is -0.406 e. The number of alkyl halides is 3. The highest BCUT2D eigenvalue weighted by molar-refractivity contribution is 7.12. The lowest BCUT2D eigenvalue weighted by molar-refractivity contribution is -0.274. The van der Waals surface area contributed by atoms with Crippen molar-refractivity contribution < 1.29 is 17.9 Å². The third-order valence-corrected chi connectivity index (χ3v) is 5.20. The SMILES string of the molecule is CN(C)CCNCc1sc(C(C)(C)C)nc1-c1ccc(OC(F)(F)F)cc1. The second kappa shape index (κ2) is 8.58. The van der Waals surface area contributed by atoms with Crippen molar-refractivity contribution in [3.63, 3.8) is 0 Å². The maximum Gasteiger partial charge on any atom is 0.573 e. The van der Waals surface area contributed by atoms with Crippen molar-refractivity contribution in [3.8, 4) is 17.0 Å². The quantitative estimate of drug-likeness (QED) is 0.685. The summed E-state index contributed by atoms with van der Waals surface area (Å²) in [5, 5.41) is 4.40. The number of ether oxygens (including phenoxy) is 1. The van der Waals surface area contributed by atoms with Gasteiger partial charge < -0.3 is 15.0 Å². The van der Waals surface area contributed by atoms with Crippen molar-refractivity contribution >= 4 is 11.3 Å². The van der Waals surface area contributed by atoms with Crippen LogP contribution < -0.4 is 10.1 Å². The van der Waals surface area contributed by atoms with Crippen molar-refractivity contribution in [3.05, 3.63) is 34.2 Å². The van der Waals surface area contributed by atoms with E-state index >= 15 is 0 Å². The molecule has 8 heteroatoms.